The third kappa shape index (κ3) is 5.62. The smallest absolute Gasteiger partial charge is 0.266 e. The number of para-hydroxylation sites is 1. The minimum absolute atomic E-state index is 0.0604. The van der Waals surface area contributed by atoms with E-state index in [1.54, 1.807) is 7.11 Å². The highest BCUT2D eigenvalue weighted by atomic mass is 16.5. The molecule has 0 bridgehead atoms. The molecule has 0 heterocycles. The van der Waals surface area contributed by atoms with E-state index in [0.29, 0.717) is 12.3 Å². The Morgan fingerprint density at radius 3 is 2.57 bits per heavy atom. The monoisotopic (exact) mass is 319 g/mol. The topological polar surface area (TPSA) is 106 Å². The van der Waals surface area contributed by atoms with E-state index in [-0.39, 0.29) is 31.9 Å². The highest BCUT2D eigenvalue weighted by Crippen LogP contribution is 2.16. The van der Waals surface area contributed by atoms with Crippen LogP contribution in [0.2, 0.25) is 0 Å². The number of carbonyl (C=O) groups is 1. The van der Waals surface area contributed by atoms with Crippen molar-refractivity contribution in [2.24, 2.45) is 0 Å². The van der Waals surface area contributed by atoms with E-state index < -0.39 is 5.91 Å². The Morgan fingerprint density at radius 1 is 1.35 bits per heavy atom. The number of amides is 1. The second-order valence-corrected chi connectivity index (χ2v) is 4.60. The predicted octanol–water partition coefficient (Wildman–Crippen LogP) is 0.00548. The van der Waals surface area contributed by atoms with Crippen LogP contribution in [0.3, 0.4) is 0 Å². The first kappa shape index (κ1) is 18.5. The van der Waals surface area contributed by atoms with Gasteiger partial charge in [0.1, 0.15) is 17.4 Å². The molecular weight excluding hydrogens is 298 g/mol. The first-order valence-electron chi connectivity index (χ1n) is 7.14. The molecule has 1 aromatic carbocycles. The van der Waals surface area contributed by atoms with Crippen LogP contribution in [-0.2, 0) is 11.3 Å². The Hall–Kier alpha value is -2.56. The molecule has 1 rings (SSSR count). The van der Waals surface area contributed by atoms with Crippen LogP contribution in [0, 0.1) is 11.3 Å². The fraction of sp³-hybridized carbons (Fsp3) is 0.375. The zero-order valence-electron chi connectivity index (χ0n) is 13.0. The van der Waals surface area contributed by atoms with E-state index in [2.05, 4.69) is 5.32 Å². The zero-order valence-corrected chi connectivity index (χ0v) is 13.0. The molecule has 7 heteroatoms. The van der Waals surface area contributed by atoms with E-state index in [4.69, 9.17) is 20.2 Å². The lowest BCUT2D eigenvalue weighted by Gasteiger charge is -2.20. The second kappa shape index (κ2) is 10.2. The number of nitrogens with zero attached hydrogens (tertiary/aromatic N) is 2. The number of aliphatic hydroxyl groups excluding tert-OH is 2. The predicted molar refractivity (Wildman–Crippen MR) is 84.3 cm³/mol. The summed E-state index contributed by atoms with van der Waals surface area (Å²) in [5.41, 5.74) is 0.792. The van der Waals surface area contributed by atoms with Crippen molar-refractivity contribution in [2.75, 3.05) is 33.4 Å². The molecule has 0 aliphatic heterocycles. The lowest BCUT2D eigenvalue weighted by molar-refractivity contribution is -0.127. The number of hydrogen-bond acceptors (Lipinski definition) is 6. The Morgan fingerprint density at radius 2 is 2.00 bits per heavy atom. The van der Waals surface area contributed by atoms with Gasteiger partial charge in [0.05, 0.1) is 20.3 Å². The molecule has 7 nitrogen and oxygen atoms in total. The summed E-state index contributed by atoms with van der Waals surface area (Å²) in [6, 6.07) is 9.24. The van der Waals surface area contributed by atoms with Gasteiger partial charge in [-0.3, -0.25) is 4.79 Å². The average Bonchev–Trinajstić information content (AvgIpc) is 2.58. The maximum Gasteiger partial charge on any atom is 0.266 e. The number of ether oxygens (including phenoxy) is 1. The van der Waals surface area contributed by atoms with Crippen molar-refractivity contribution in [1.29, 1.82) is 5.26 Å². The van der Waals surface area contributed by atoms with E-state index in [9.17, 15) is 4.79 Å². The van der Waals surface area contributed by atoms with Crippen molar-refractivity contribution < 1.29 is 19.7 Å². The Labute approximate surface area is 135 Å². The summed E-state index contributed by atoms with van der Waals surface area (Å²) >= 11 is 0. The number of aliphatic hydroxyl groups is 2. The lowest BCUT2D eigenvalue weighted by atomic mass is 10.2. The maximum atomic E-state index is 12.2. The van der Waals surface area contributed by atoms with Crippen LogP contribution in [-0.4, -0.2) is 54.4 Å². The van der Waals surface area contributed by atoms with Crippen molar-refractivity contribution in [3.05, 3.63) is 41.6 Å². The molecule has 0 radical (unpaired) electrons. The van der Waals surface area contributed by atoms with Crippen LogP contribution < -0.4 is 10.1 Å². The third-order valence-electron chi connectivity index (χ3n) is 3.11. The standard InChI is InChI=1S/C16H21N3O4/c1-23-15-5-3-2-4-13(15)11-18-12-14(10-17)16(22)19(6-8-20)7-9-21/h2-5,12,18,20-21H,6-9,11H2,1H3/b14-12-. The molecule has 0 saturated carbocycles. The third-order valence-corrected chi connectivity index (χ3v) is 3.11. The molecule has 0 aliphatic rings. The van der Waals surface area contributed by atoms with E-state index >= 15 is 0 Å². The molecule has 0 aliphatic carbocycles. The highest BCUT2D eigenvalue weighted by Gasteiger charge is 2.17. The largest absolute Gasteiger partial charge is 0.496 e. The van der Waals surface area contributed by atoms with E-state index in [0.717, 1.165) is 5.56 Å². The number of rotatable bonds is 9. The molecular formula is C16H21N3O4. The van der Waals surface area contributed by atoms with Crippen LogP contribution in [0.4, 0.5) is 0 Å². The lowest BCUT2D eigenvalue weighted by Crippen LogP contribution is -2.37. The summed E-state index contributed by atoms with van der Waals surface area (Å²) in [6.07, 6.45) is 1.33. The molecule has 1 amide bonds. The van der Waals surface area contributed by atoms with Crippen molar-refractivity contribution in [2.45, 2.75) is 6.54 Å². The first-order chi connectivity index (χ1) is 11.2. The first-order valence-corrected chi connectivity index (χ1v) is 7.14. The number of nitrogens with one attached hydrogen (secondary N) is 1. The van der Waals surface area contributed by atoms with Gasteiger partial charge in [-0.15, -0.1) is 0 Å². The Balaban J connectivity index is 2.75. The van der Waals surface area contributed by atoms with Gasteiger partial charge in [-0.25, -0.2) is 0 Å². The molecule has 0 saturated heterocycles. The van der Waals surface area contributed by atoms with Gasteiger partial charge in [-0.05, 0) is 6.07 Å². The summed E-state index contributed by atoms with van der Waals surface area (Å²) in [5, 5.41) is 29.9. The quantitative estimate of drug-likeness (QED) is 0.437. The Bertz CT molecular complexity index is 575. The van der Waals surface area contributed by atoms with Crippen molar-refractivity contribution in [1.82, 2.24) is 10.2 Å². The van der Waals surface area contributed by atoms with Gasteiger partial charge in [-0.2, -0.15) is 5.26 Å². The van der Waals surface area contributed by atoms with E-state index in [1.807, 2.05) is 30.3 Å². The van der Waals surface area contributed by atoms with Gasteiger partial charge >= 0.3 is 0 Å². The van der Waals surface area contributed by atoms with Crippen LogP contribution in [0.5, 0.6) is 5.75 Å². The van der Waals surface area contributed by atoms with Gasteiger partial charge in [0.25, 0.3) is 5.91 Å². The van der Waals surface area contributed by atoms with Gasteiger partial charge in [0.15, 0.2) is 0 Å². The highest BCUT2D eigenvalue weighted by molar-refractivity contribution is 5.97. The number of hydrogen-bond donors (Lipinski definition) is 3. The summed E-state index contributed by atoms with van der Waals surface area (Å²) < 4.78 is 5.22. The van der Waals surface area contributed by atoms with Crippen LogP contribution in [0.25, 0.3) is 0 Å². The number of benzene rings is 1. The molecule has 0 spiro atoms. The maximum absolute atomic E-state index is 12.2. The summed E-state index contributed by atoms with van der Waals surface area (Å²) in [6.45, 7) is 0.0382. The zero-order chi connectivity index (χ0) is 17.1. The summed E-state index contributed by atoms with van der Waals surface area (Å²) in [7, 11) is 1.57. The van der Waals surface area contributed by atoms with Gasteiger partial charge in [-0.1, -0.05) is 18.2 Å². The van der Waals surface area contributed by atoms with Crippen LogP contribution in [0.1, 0.15) is 5.56 Å². The average molecular weight is 319 g/mol. The van der Waals surface area contributed by atoms with Gasteiger partial charge < -0.3 is 25.2 Å². The van der Waals surface area contributed by atoms with Crippen molar-refractivity contribution >= 4 is 5.91 Å². The molecule has 124 valence electrons. The van der Waals surface area contributed by atoms with Crippen LogP contribution >= 0.6 is 0 Å². The SMILES string of the molecule is COc1ccccc1CN/C=C(/C#N)C(=O)N(CCO)CCO. The van der Waals surface area contributed by atoms with Crippen molar-refractivity contribution in [3.63, 3.8) is 0 Å². The summed E-state index contributed by atoms with van der Waals surface area (Å²) in [4.78, 5) is 13.4. The molecule has 23 heavy (non-hydrogen) atoms. The van der Waals surface area contributed by atoms with Crippen molar-refractivity contribution in [3.8, 4) is 11.8 Å². The molecule has 0 aromatic heterocycles. The molecule has 3 N–H and O–H groups in total. The second-order valence-electron chi connectivity index (χ2n) is 4.60. The number of methoxy groups -OCH3 is 1. The van der Waals surface area contributed by atoms with Gasteiger partial charge in [0, 0.05) is 31.4 Å². The molecule has 0 atom stereocenters. The normalized spacial score (nSPS) is 10.8. The van der Waals surface area contributed by atoms with E-state index in [1.165, 1.54) is 11.1 Å². The fourth-order valence-corrected chi connectivity index (χ4v) is 1.98. The number of nitriles is 1. The minimum Gasteiger partial charge on any atom is -0.496 e. The fourth-order valence-electron chi connectivity index (χ4n) is 1.98. The van der Waals surface area contributed by atoms with Crippen LogP contribution in [0.15, 0.2) is 36.0 Å². The molecule has 0 fully saturated rings. The molecule has 0 unspecified atom stereocenters. The van der Waals surface area contributed by atoms with Gasteiger partial charge in [0.2, 0.25) is 0 Å². The number of carbonyl (C=O) groups excluding carboxylic acids is 1. The minimum atomic E-state index is -0.539. The molecule has 1 aromatic rings. The Kier molecular flexibility index (Phi) is 8.21. The summed E-state index contributed by atoms with van der Waals surface area (Å²) in [5.74, 6) is 0.170.